The van der Waals surface area contributed by atoms with E-state index in [1.165, 1.54) is 51.4 Å². The molecule has 5 heteroatoms. The fraction of sp³-hybridized carbons (Fsp3) is 0.652. The molecule has 0 unspecified atom stereocenters. The van der Waals surface area contributed by atoms with Crippen molar-refractivity contribution in [3.8, 4) is 5.75 Å². The zero-order valence-corrected chi connectivity index (χ0v) is 17.8. The zero-order chi connectivity index (χ0) is 20.0. The number of benzene rings is 1. The van der Waals surface area contributed by atoms with Gasteiger partial charge in [-0.15, -0.1) is 0 Å². The van der Waals surface area contributed by atoms with Gasteiger partial charge in [-0.1, -0.05) is 51.4 Å². The molecule has 28 heavy (non-hydrogen) atoms. The van der Waals surface area contributed by atoms with E-state index in [-0.39, 0.29) is 24.5 Å². The van der Waals surface area contributed by atoms with Crippen LogP contribution in [0, 0.1) is 0 Å². The molecule has 0 heterocycles. The lowest BCUT2D eigenvalue weighted by Crippen LogP contribution is -2.18. The SMILES string of the molecule is O=C(CCS)Oc1ccc(C(=O)OC2CCCCCCCCCCCC2)cc1. The Kier molecular flexibility index (Phi) is 11.1. The van der Waals surface area contributed by atoms with Crippen molar-refractivity contribution in [1.29, 1.82) is 0 Å². The van der Waals surface area contributed by atoms with Gasteiger partial charge in [0, 0.05) is 5.75 Å². The highest BCUT2D eigenvalue weighted by Crippen LogP contribution is 2.21. The summed E-state index contributed by atoms with van der Waals surface area (Å²) in [7, 11) is 0. The van der Waals surface area contributed by atoms with Crippen molar-refractivity contribution in [2.24, 2.45) is 0 Å². The molecule has 1 aliphatic rings. The minimum absolute atomic E-state index is 0.00106. The molecule has 0 amide bonds. The zero-order valence-electron chi connectivity index (χ0n) is 16.9. The molecule has 1 fully saturated rings. The third kappa shape index (κ3) is 9.13. The topological polar surface area (TPSA) is 52.6 Å². The summed E-state index contributed by atoms with van der Waals surface area (Å²) < 4.78 is 11.0. The molecule has 0 aromatic heterocycles. The summed E-state index contributed by atoms with van der Waals surface area (Å²) in [5, 5.41) is 0. The van der Waals surface area contributed by atoms with E-state index in [1.807, 2.05) is 0 Å². The molecule has 0 aliphatic heterocycles. The molecule has 1 aromatic carbocycles. The quantitative estimate of drug-likeness (QED) is 0.363. The third-order valence-corrected chi connectivity index (χ3v) is 5.44. The van der Waals surface area contributed by atoms with Crippen LogP contribution in [-0.2, 0) is 9.53 Å². The predicted molar refractivity (Wildman–Crippen MR) is 115 cm³/mol. The largest absolute Gasteiger partial charge is 0.459 e. The van der Waals surface area contributed by atoms with Gasteiger partial charge < -0.3 is 9.47 Å². The summed E-state index contributed by atoms with van der Waals surface area (Å²) in [6, 6.07) is 6.59. The van der Waals surface area contributed by atoms with Crippen molar-refractivity contribution < 1.29 is 19.1 Å². The van der Waals surface area contributed by atoms with E-state index < -0.39 is 0 Å². The molecule has 0 bridgehead atoms. The molecule has 0 saturated heterocycles. The van der Waals surface area contributed by atoms with Crippen molar-refractivity contribution in [2.75, 3.05) is 5.75 Å². The molecule has 0 atom stereocenters. The van der Waals surface area contributed by atoms with Gasteiger partial charge in [0.2, 0.25) is 0 Å². The minimum Gasteiger partial charge on any atom is -0.459 e. The first-order valence-electron chi connectivity index (χ1n) is 10.8. The van der Waals surface area contributed by atoms with Crippen LogP contribution in [0.25, 0.3) is 0 Å². The lowest BCUT2D eigenvalue weighted by molar-refractivity contribution is -0.133. The maximum Gasteiger partial charge on any atom is 0.338 e. The normalized spacial score (nSPS) is 17.6. The summed E-state index contributed by atoms with van der Waals surface area (Å²) in [5.74, 6) is 0.271. The minimum atomic E-state index is -0.325. The van der Waals surface area contributed by atoms with Crippen LogP contribution < -0.4 is 4.74 Å². The highest BCUT2D eigenvalue weighted by atomic mass is 32.1. The number of hydrogen-bond donors (Lipinski definition) is 1. The van der Waals surface area contributed by atoms with Gasteiger partial charge in [-0.3, -0.25) is 4.79 Å². The molecule has 156 valence electrons. The Balaban J connectivity index is 1.86. The van der Waals surface area contributed by atoms with E-state index >= 15 is 0 Å². The van der Waals surface area contributed by atoms with E-state index in [4.69, 9.17) is 9.47 Å². The summed E-state index contributed by atoms with van der Waals surface area (Å²) in [5.41, 5.74) is 0.497. The smallest absolute Gasteiger partial charge is 0.338 e. The first-order chi connectivity index (χ1) is 13.7. The lowest BCUT2D eigenvalue weighted by atomic mass is 10.0. The number of carbonyl (C=O) groups is 2. The van der Waals surface area contributed by atoms with Crippen LogP contribution in [0.2, 0.25) is 0 Å². The number of hydrogen-bond acceptors (Lipinski definition) is 5. The second-order valence-electron chi connectivity index (χ2n) is 7.61. The molecule has 1 aromatic rings. The average molecular weight is 407 g/mol. The summed E-state index contributed by atoms with van der Waals surface area (Å²) in [4.78, 5) is 24.1. The highest BCUT2D eigenvalue weighted by Gasteiger charge is 2.16. The average Bonchev–Trinajstić information content (AvgIpc) is 2.71. The van der Waals surface area contributed by atoms with Crippen molar-refractivity contribution in [3.05, 3.63) is 29.8 Å². The van der Waals surface area contributed by atoms with Crippen LogP contribution in [0.1, 0.15) is 93.8 Å². The Hall–Kier alpha value is -1.49. The first kappa shape index (κ1) is 22.8. The van der Waals surface area contributed by atoms with Gasteiger partial charge in [0.05, 0.1) is 12.0 Å². The monoisotopic (exact) mass is 406 g/mol. The number of thiol groups is 1. The van der Waals surface area contributed by atoms with Gasteiger partial charge >= 0.3 is 11.9 Å². The number of carbonyl (C=O) groups excluding carboxylic acids is 2. The van der Waals surface area contributed by atoms with Crippen LogP contribution in [-0.4, -0.2) is 23.8 Å². The molecule has 1 saturated carbocycles. The Morgan fingerprint density at radius 3 is 1.82 bits per heavy atom. The first-order valence-corrected chi connectivity index (χ1v) is 11.4. The van der Waals surface area contributed by atoms with Crippen LogP contribution in [0.4, 0.5) is 0 Å². The van der Waals surface area contributed by atoms with Crippen molar-refractivity contribution in [3.63, 3.8) is 0 Å². The van der Waals surface area contributed by atoms with Crippen LogP contribution in [0.3, 0.4) is 0 Å². The van der Waals surface area contributed by atoms with Gasteiger partial charge in [0.25, 0.3) is 0 Å². The van der Waals surface area contributed by atoms with E-state index in [0.29, 0.717) is 17.1 Å². The standard InChI is InChI=1S/C23H34O4S/c24-22(17-18-28)26-21-15-13-19(14-16-21)23(25)27-20-11-9-7-5-3-1-2-4-6-8-10-12-20/h13-16,20,28H,1-12,17-18H2. The Morgan fingerprint density at radius 1 is 0.821 bits per heavy atom. The van der Waals surface area contributed by atoms with Crippen LogP contribution in [0.5, 0.6) is 5.75 Å². The van der Waals surface area contributed by atoms with Crippen molar-refractivity contribution in [2.45, 2.75) is 89.6 Å². The summed E-state index contributed by atoms with van der Waals surface area (Å²) >= 11 is 4.01. The molecular weight excluding hydrogens is 372 g/mol. The molecule has 0 spiro atoms. The molecule has 2 rings (SSSR count). The molecule has 0 radical (unpaired) electrons. The fourth-order valence-electron chi connectivity index (χ4n) is 3.57. The van der Waals surface area contributed by atoms with Gasteiger partial charge in [0.15, 0.2) is 0 Å². The molecule has 1 aliphatic carbocycles. The van der Waals surface area contributed by atoms with Gasteiger partial charge in [-0.2, -0.15) is 12.6 Å². The summed E-state index contributed by atoms with van der Waals surface area (Å²) in [6.45, 7) is 0. The molecular formula is C23H34O4S. The van der Waals surface area contributed by atoms with Gasteiger partial charge in [-0.25, -0.2) is 4.79 Å². The van der Waals surface area contributed by atoms with E-state index in [9.17, 15) is 9.59 Å². The Bertz CT molecular complexity index is 571. The lowest BCUT2D eigenvalue weighted by Gasteiger charge is -2.18. The molecule has 0 N–H and O–H groups in total. The fourth-order valence-corrected chi connectivity index (χ4v) is 3.76. The second kappa shape index (κ2) is 13.6. The molecule has 4 nitrogen and oxygen atoms in total. The summed E-state index contributed by atoms with van der Waals surface area (Å²) in [6.07, 6.45) is 14.8. The van der Waals surface area contributed by atoms with Crippen LogP contribution >= 0.6 is 12.6 Å². The second-order valence-corrected chi connectivity index (χ2v) is 8.06. The number of esters is 2. The maximum atomic E-state index is 12.5. The van der Waals surface area contributed by atoms with E-state index in [1.54, 1.807) is 24.3 Å². The van der Waals surface area contributed by atoms with Crippen molar-refractivity contribution in [1.82, 2.24) is 0 Å². The van der Waals surface area contributed by atoms with E-state index in [0.717, 1.165) is 25.7 Å². The van der Waals surface area contributed by atoms with Crippen molar-refractivity contribution >= 4 is 24.6 Å². The van der Waals surface area contributed by atoms with Crippen LogP contribution in [0.15, 0.2) is 24.3 Å². The van der Waals surface area contributed by atoms with Gasteiger partial charge in [0.1, 0.15) is 11.9 Å². The third-order valence-electron chi connectivity index (χ3n) is 5.21. The Labute approximate surface area is 174 Å². The van der Waals surface area contributed by atoms with Gasteiger partial charge in [-0.05, 0) is 49.9 Å². The Morgan fingerprint density at radius 2 is 1.32 bits per heavy atom. The number of rotatable bonds is 5. The van der Waals surface area contributed by atoms with E-state index in [2.05, 4.69) is 12.6 Å². The number of ether oxygens (including phenoxy) is 2. The highest BCUT2D eigenvalue weighted by molar-refractivity contribution is 7.80. The predicted octanol–water partition coefficient (Wildman–Crippen LogP) is 6.13. The maximum absolute atomic E-state index is 12.5.